The molecule has 2 aliphatic rings. The Bertz CT molecular complexity index is 541. The molecule has 0 N–H and O–H groups in total. The lowest BCUT2D eigenvalue weighted by Gasteiger charge is -2.30. The second-order valence-electron chi connectivity index (χ2n) is 7.19. The van der Waals surface area contributed by atoms with E-state index in [9.17, 15) is 9.18 Å². The molecule has 1 saturated carbocycles. The maximum Gasteiger partial charge on any atom is 0.232 e. The second kappa shape index (κ2) is 5.65. The molecule has 0 radical (unpaired) electrons. The molecule has 1 aromatic rings. The minimum atomic E-state index is -0.618. The average Bonchev–Trinajstić information content (AvgIpc) is 3.04. The summed E-state index contributed by atoms with van der Waals surface area (Å²) < 4.78 is 18.5. The van der Waals surface area contributed by atoms with Gasteiger partial charge in [0.05, 0.1) is 11.5 Å². The summed E-state index contributed by atoms with van der Waals surface area (Å²) in [6.07, 6.45) is 2.47. The Balaban J connectivity index is 1.71. The lowest BCUT2D eigenvalue weighted by Crippen LogP contribution is -2.43. The topological polar surface area (TPSA) is 29.5 Å². The normalized spacial score (nSPS) is 28.0. The number of carbonyl (C=O) groups is 1. The number of nitrogens with zero attached hydrogens (tertiary/aromatic N) is 1. The van der Waals surface area contributed by atoms with Crippen molar-refractivity contribution in [2.75, 3.05) is 20.2 Å². The van der Waals surface area contributed by atoms with Crippen LogP contribution in [-0.4, -0.2) is 37.1 Å². The molecule has 4 heteroatoms. The van der Waals surface area contributed by atoms with Gasteiger partial charge in [-0.1, -0.05) is 12.1 Å². The molecule has 1 saturated heterocycles. The SMILES string of the molecule is COC1C[C@@H]2CN(C(=O)C(C)(C)c3ccc(F)cc3)C[C@@H]2C1. The first-order chi connectivity index (χ1) is 10.4. The zero-order valence-corrected chi connectivity index (χ0v) is 13.5. The molecule has 120 valence electrons. The fourth-order valence-corrected chi connectivity index (χ4v) is 3.99. The minimum Gasteiger partial charge on any atom is -0.381 e. The summed E-state index contributed by atoms with van der Waals surface area (Å²) in [6.45, 7) is 5.51. The first-order valence-corrected chi connectivity index (χ1v) is 8.00. The first-order valence-electron chi connectivity index (χ1n) is 8.00. The highest BCUT2D eigenvalue weighted by atomic mass is 19.1. The Hall–Kier alpha value is -1.42. The fraction of sp³-hybridized carbons (Fsp3) is 0.611. The summed E-state index contributed by atoms with van der Waals surface area (Å²) in [7, 11) is 1.77. The monoisotopic (exact) mass is 305 g/mol. The highest BCUT2D eigenvalue weighted by Crippen LogP contribution is 2.40. The minimum absolute atomic E-state index is 0.141. The van der Waals surface area contributed by atoms with Crippen LogP contribution in [0.1, 0.15) is 32.3 Å². The van der Waals surface area contributed by atoms with E-state index >= 15 is 0 Å². The van der Waals surface area contributed by atoms with Crippen molar-refractivity contribution < 1.29 is 13.9 Å². The van der Waals surface area contributed by atoms with E-state index in [1.54, 1.807) is 19.2 Å². The molecule has 1 aromatic carbocycles. The lowest BCUT2D eigenvalue weighted by molar-refractivity contribution is -0.135. The molecule has 0 aromatic heterocycles. The average molecular weight is 305 g/mol. The van der Waals surface area contributed by atoms with Crippen molar-refractivity contribution in [3.05, 3.63) is 35.6 Å². The fourth-order valence-electron chi connectivity index (χ4n) is 3.99. The van der Waals surface area contributed by atoms with Crippen molar-refractivity contribution in [3.8, 4) is 0 Å². The van der Waals surface area contributed by atoms with Crippen LogP contribution in [0.2, 0.25) is 0 Å². The molecule has 0 bridgehead atoms. The quantitative estimate of drug-likeness (QED) is 0.859. The number of methoxy groups -OCH3 is 1. The largest absolute Gasteiger partial charge is 0.381 e. The molecule has 0 spiro atoms. The standard InChI is InChI=1S/C18H24FNO2/c1-18(2,14-4-6-15(19)7-5-14)17(21)20-10-12-8-16(22-3)9-13(12)11-20/h4-7,12-13,16H,8-11H2,1-3H3/t12-,13+,16?. The third-order valence-corrected chi connectivity index (χ3v) is 5.43. The van der Waals surface area contributed by atoms with Gasteiger partial charge in [0, 0.05) is 20.2 Å². The molecular weight excluding hydrogens is 281 g/mol. The van der Waals surface area contributed by atoms with E-state index in [0.29, 0.717) is 17.9 Å². The predicted molar refractivity (Wildman–Crippen MR) is 83.0 cm³/mol. The summed E-state index contributed by atoms with van der Waals surface area (Å²) in [4.78, 5) is 14.9. The highest BCUT2D eigenvalue weighted by molar-refractivity contribution is 5.87. The first kappa shape index (κ1) is 15.5. The van der Waals surface area contributed by atoms with Gasteiger partial charge < -0.3 is 9.64 Å². The van der Waals surface area contributed by atoms with Crippen LogP contribution < -0.4 is 0 Å². The van der Waals surface area contributed by atoms with Gasteiger partial charge in [-0.2, -0.15) is 0 Å². The van der Waals surface area contributed by atoms with Gasteiger partial charge in [0.25, 0.3) is 0 Å². The Morgan fingerprint density at radius 2 is 1.73 bits per heavy atom. The molecule has 3 atom stereocenters. The molecule has 1 amide bonds. The van der Waals surface area contributed by atoms with Crippen molar-refractivity contribution in [1.82, 2.24) is 4.90 Å². The number of hydrogen-bond donors (Lipinski definition) is 0. The van der Waals surface area contributed by atoms with Crippen LogP contribution >= 0.6 is 0 Å². The summed E-state index contributed by atoms with van der Waals surface area (Å²) in [5.74, 6) is 1.01. The summed E-state index contributed by atoms with van der Waals surface area (Å²) >= 11 is 0. The van der Waals surface area contributed by atoms with Gasteiger partial charge in [-0.15, -0.1) is 0 Å². The van der Waals surface area contributed by atoms with Gasteiger partial charge in [-0.05, 0) is 56.2 Å². The zero-order valence-electron chi connectivity index (χ0n) is 13.5. The number of rotatable bonds is 3. The van der Waals surface area contributed by atoms with Gasteiger partial charge in [0.2, 0.25) is 5.91 Å². The molecule has 1 aliphatic heterocycles. The van der Waals surface area contributed by atoms with E-state index in [0.717, 1.165) is 31.5 Å². The third kappa shape index (κ3) is 2.65. The smallest absolute Gasteiger partial charge is 0.232 e. The van der Waals surface area contributed by atoms with Crippen LogP contribution in [0.4, 0.5) is 4.39 Å². The summed E-state index contributed by atoms with van der Waals surface area (Å²) in [5.41, 5.74) is 0.248. The number of likely N-dealkylation sites (tertiary alicyclic amines) is 1. The molecule has 1 unspecified atom stereocenters. The highest BCUT2D eigenvalue weighted by Gasteiger charge is 2.45. The molecular formula is C18H24FNO2. The van der Waals surface area contributed by atoms with Crippen molar-refractivity contribution in [2.24, 2.45) is 11.8 Å². The van der Waals surface area contributed by atoms with E-state index in [1.165, 1.54) is 12.1 Å². The van der Waals surface area contributed by atoms with E-state index in [2.05, 4.69) is 0 Å². The van der Waals surface area contributed by atoms with Crippen LogP contribution in [0, 0.1) is 17.7 Å². The summed E-state index contributed by atoms with van der Waals surface area (Å²) in [6, 6.07) is 6.27. The lowest BCUT2D eigenvalue weighted by atomic mass is 9.83. The van der Waals surface area contributed by atoms with Gasteiger partial charge in [-0.25, -0.2) is 4.39 Å². The Kier molecular flexibility index (Phi) is 3.98. The van der Waals surface area contributed by atoms with Gasteiger partial charge in [0.1, 0.15) is 5.82 Å². The molecule has 1 heterocycles. The number of halogens is 1. The van der Waals surface area contributed by atoms with Crippen LogP contribution in [-0.2, 0) is 14.9 Å². The number of hydrogen-bond acceptors (Lipinski definition) is 2. The van der Waals surface area contributed by atoms with Crippen molar-refractivity contribution in [1.29, 1.82) is 0 Å². The molecule has 3 rings (SSSR count). The number of amides is 1. The third-order valence-electron chi connectivity index (χ3n) is 5.43. The maximum absolute atomic E-state index is 13.1. The molecule has 22 heavy (non-hydrogen) atoms. The number of ether oxygens (including phenoxy) is 1. The Morgan fingerprint density at radius 1 is 1.18 bits per heavy atom. The number of carbonyl (C=O) groups excluding carboxylic acids is 1. The van der Waals surface area contributed by atoms with Crippen LogP contribution in [0.5, 0.6) is 0 Å². The number of fused-ring (bicyclic) bond motifs is 1. The molecule has 3 nitrogen and oxygen atoms in total. The predicted octanol–water partition coefficient (Wildman–Crippen LogP) is 2.99. The molecule has 2 fully saturated rings. The summed E-state index contributed by atoms with van der Waals surface area (Å²) in [5, 5.41) is 0. The number of benzene rings is 1. The maximum atomic E-state index is 13.1. The van der Waals surface area contributed by atoms with Crippen LogP contribution in [0.3, 0.4) is 0 Å². The van der Waals surface area contributed by atoms with E-state index in [1.807, 2.05) is 18.7 Å². The molecule has 1 aliphatic carbocycles. The Morgan fingerprint density at radius 3 is 2.23 bits per heavy atom. The van der Waals surface area contributed by atoms with Crippen molar-refractivity contribution >= 4 is 5.91 Å². The Labute approximate surface area is 131 Å². The second-order valence-corrected chi connectivity index (χ2v) is 7.19. The van der Waals surface area contributed by atoms with Gasteiger partial charge >= 0.3 is 0 Å². The van der Waals surface area contributed by atoms with E-state index in [4.69, 9.17) is 4.74 Å². The zero-order chi connectivity index (χ0) is 15.9. The van der Waals surface area contributed by atoms with Crippen LogP contribution in [0.15, 0.2) is 24.3 Å². The van der Waals surface area contributed by atoms with Crippen molar-refractivity contribution in [3.63, 3.8) is 0 Å². The van der Waals surface area contributed by atoms with E-state index < -0.39 is 5.41 Å². The van der Waals surface area contributed by atoms with Crippen molar-refractivity contribution in [2.45, 2.75) is 38.2 Å². The van der Waals surface area contributed by atoms with Gasteiger partial charge in [-0.3, -0.25) is 4.79 Å². The van der Waals surface area contributed by atoms with E-state index in [-0.39, 0.29) is 11.7 Å². The van der Waals surface area contributed by atoms with Gasteiger partial charge in [0.15, 0.2) is 0 Å². The van der Waals surface area contributed by atoms with Crippen LogP contribution in [0.25, 0.3) is 0 Å².